The number of aliphatic hydroxyl groups excluding tert-OH is 1. The van der Waals surface area contributed by atoms with Crippen LogP contribution in [-0.4, -0.2) is 11.0 Å². The van der Waals surface area contributed by atoms with Crippen LogP contribution in [0.4, 0.5) is 0 Å². The summed E-state index contributed by atoms with van der Waals surface area (Å²) < 4.78 is 0. The molecule has 3 nitrogen and oxygen atoms in total. The average Bonchev–Trinajstić information content (AvgIpc) is 2.18. The summed E-state index contributed by atoms with van der Waals surface area (Å²) in [5.41, 5.74) is 6.24. The number of carbonyl (C=O) groups excluding carboxylic acids is 1. The van der Waals surface area contributed by atoms with E-state index in [2.05, 4.69) is 0 Å². The predicted octanol–water partition coefficient (Wildman–Crippen LogP) is 1.62. The fourth-order valence-electron chi connectivity index (χ4n) is 1.44. The highest BCUT2D eigenvalue weighted by Crippen LogP contribution is 2.21. The normalized spacial score (nSPS) is 12.4. The highest BCUT2D eigenvalue weighted by molar-refractivity contribution is 5.94. The maximum absolute atomic E-state index is 11.0. The van der Waals surface area contributed by atoms with Crippen LogP contribution in [0.5, 0.6) is 0 Å². The number of nitrogens with two attached hydrogens (primary N) is 1. The summed E-state index contributed by atoms with van der Waals surface area (Å²) in [7, 11) is 0. The van der Waals surface area contributed by atoms with E-state index >= 15 is 0 Å². The van der Waals surface area contributed by atoms with Gasteiger partial charge in [-0.3, -0.25) is 4.79 Å². The zero-order valence-corrected chi connectivity index (χ0v) is 8.23. The van der Waals surface area contributed by atoms with Gasteiger partial charge >= 0.3 is 0 Å². The highest BCUT2D eigenvalue weighted by Gasteiger charge is 2.13. The predicted molar refractivity (Wildman–Crippen MR) is 54.8 cm³/mol. The lowest BCUT2D eigenvalue weighted by atomic mass is 9.99. The van der Waals surface area contributed by atoms with Gasteiger partial charge in [0.2, 0.25) is 5.91 Å². The molecule has 0 saturated heterocycles. The molecule has 76 valence electrons. The molecule has 0 bridgehead atoms. The van der Waals surface area contributed by atoms with Gasteiger partial charge in [-0.15, -0.1) is 0 Å². The van der Waals surface area contributed by atoms with Crippen molar-refractivity contribution in [2.75, 3.05) is 0 Å². The number of carbonyl (C=O) groups is 1. The van der Waals surface area contributed by atoms with E-state index in [9.17, 15) is 9.90 Å². The van der Waals surface area contributed by atoms with Gasteiger partial charge in [-0.1, -0.05) is 31.5 Å². The second-order valence-corrected chi connectivity index (χ2v) is 3.26. The van der Waals surface area contributed by atoms with Crippen molar-refractivity contribution in [3.05, 3.63) is 35.4 Å². The molecule has 0 heterocycles. The molecular weight excluding hydrogens is 178 g/mol. The molecule has 0 aromatic heterocycles. The number of amides is 1. The molecule has 1 atom stereocenters. The molecule has 1 unspecified atom stereocenters. The first kappa shape index (κ1) is 10.7. The van der Waals surface area contributed by atoms with E-state index in [0.717, 1.165) is 6.42 Å². The maximum atomic E-state index is 11.0. The van der Waals surface area contributed by atoms with Crippen molar-refractivity contribution in [1.29, 1.82) is 0 Å². The molecule has 1 amide bonds. The van der Waals surface area contributed by atoms with Gasteiger partial charge in [-0.2, -0.15) is 0 Å². The van der Waals surface area contributed by atoms with Crippen LogP contribution < -0.4 is 5.73 Å². The lowest BCUT2D eigenvalue weighted by Crippen LogP contribution is -2.15. The van der Waals surface area contributed by atoms with Gasteiger partial charge in [0.25, 0.3) is 0 Å². The van der Waals surface area contributed by atoms with Crippen LogP contribution in [0.3, 0.4) is 0 Å². The Bertz CT molecular complexity index is 323. The lowest BCUT2D eigenvalue weighted by molar-refractivity contribution is 0.0991. The summed E-state index contributed by atoms with van der Waals surface area (Å²) in [5.74, 6) is -0.490. The summed E-state index contributed by atoms with van der Waals surface area (Å²) in [5, 5.41) is 9.74. The first-order valence-electron chi connectivity index (χ1n) is 4.73. The SMILES string of the molecule is CCCC(O)c1ccccc1C(N)=O. The Labute approximate surface area is 83.6 Å². The van der Waals surface area contributed by atoms with Crippen molar-refractivity contribution in [3.8, 4) is 0 Å². The van der Waals surface area contributed by atoms with Gasteiger partial charge in [0.05, 0.1) is 6.10 Å². The van der Waals surface area contributed by atoms with Gasteiger partial charge in [-0.25, -0.2) is 0 Å². The first-order valence-corrected chi connectivity index (χ1v) is 4.73. The molecule has 0 spiro atoms. The second-order valence-electron chi connectivity index (χ2n) is 3.26. The van der Waals surface area contributed by atoms with Crippen molar-refractivity contribution in [3.63, 3.8) is 0 Å². The van der Waals surface area contributed by atoms with Crippen LogP contribution in [0.25, 0.3) is 0 Å². The molecule has 0 saturated carbocycles. The van der Waals surface area contributed by atoms with Crippen molar-refractivity contribution >= 4 is 5.91 Å². The van der Waals surface area contributed by atoms with Crippen molar-refractivity contribution in [2.45, 2.75) is 25.9 Å². The summed E-state index contributed by atoms with van der Waals surface area (Å²) in [6.07, 6.45) is 0.919. The van der Waals surface area contributed by atoms with Gasteiger partial charge in [0.15, 0.2) is 0 Å². The molecular formula is C11H15NO2. The van der Waals surface area contributed by atoms with Crippen LogP contribution in [0.2, 0.25) is 0 Å². The van der Waals surface area contributed by atoms with Gasteiger partial charge in [0.1, 0.15) is 0 Å². The molecule has 1 rings (SSSR count). The summed E-state index contributed by atoms with van der Waals surface area (Å²) in [6.45, 7) is 1.98. The molecule has 1 aromatic rings. The van der Waals surface area contributed by atoms with E-state index in [-0.39, 0.29) is 0 Å². The van der Waals surface area contributed by atoms with E-state index in [0.29, 0.717) is 17.5 Å². The van der Waals surface area contributed by atoms with Crippen LogP contribution >= 0.6 is 0 Å². The fraction of sp³-hybridized carbons (Fsp3) is 0.364. The van der Waals surface area contributed by atoms with Gasteiger partial charge in [0, 0.05) is 5.56 Å². The minimum atomic E-state index is -0.594. The quantitative estimate of drug-likeness (QED) is 0.763. The Morgan fingerprint density at radius 2 is 2.14 bits per heavy atom. The maximum Gasteiger partial charge on any atom is 0.249 e. The monoisotopic (exact) mass is 193 g/mol. The summed E-state index contributed by atoms with van der Waals surface area (Å²) >= 11 is 0. The van der Waals surface area contributed by atoms with Crippen molar-refractivity contribution in [2.24, 2.45) is 5.73 Å². The van der Waals surface area contributed by atoms with Crippen LogP contribution in [0.1, 0.15) is 41.8 Å². The third-order valence-corrected chi connectivity index (χ3v) is 2.15. The minimum Gasteiger partial charge on any atom is -0.388 e. The second kappa shape index (κ2) is 4.77. The Hall–Kier alpha value is -1.35. The number of rotatable bonds is 4. The zero-order valence-electron chi connectivity index (χ0n) is 8.23. The van der Waals surface area contributed by atoms with E-state index in [4.69, 9.17) is 5.73 Å². The number of hydrogen-bond acceptors (Lipinski definition) is 2. The average molecular weight is 193 g/mol. The van der Waals surface area contributed by atoms with Crippen molar-refractivity contribution < 1.29 is 9.90 Å². The molecule has 3 heteroatoms. The van der Waals surface area contributed by atoms with E-state index in [1.807, 2.05) is 6.92 Å². The van der Waals surface area contributed by atoms with E-state index < -0.39 is 12.0 Å². The van der Waals surface area contributed by atoms with Gasteiger partial charge < -0.3 is 10.8 Å². The molecule has 0 aliphatic rings. The van der Waals surface area contributed by atoms with E-state index in [1.54, 1.807) is 24.3 Å². The van der Waals surface area contributed by atoms with Gasteiger partial charge in [-0.05, 0) is 18.1 Å². The third kappa shape index (κ3) is 2.33. The Balaban J connectivity index is 3.00. The molecule has 0 fully saturated rings. The summed E-state index contributed by atoms with van der Waals surface area (Å²) in [6, 6.07) is 6.90. The van der Waals surface area contributed by atoms with Crippen molar-refractivity contribution in [1.82, 2.24) is 0 Å². The number of hydrogen-bond donors (Lipinski definition) is 2. The number of aliphatic hydroxyl groups is 1. The standard InChI is InChI=1S/C11H15NO2/c1-2-5-10(13)8-6-3-4-7-9(8)11(12)14/h3-4,6-7,10,13H,2,5H2,1H3,(H2,12,14). The largest absolute Gasteiger partial charge is 0.388 e. The number of benzene rings is 1. The summed E-state index contributed by atoms with van der Waals surface area (Å²) in [4.78, 5) is 11.0. The lowest BCUT2D eigenvalue weighted by Gasteiger charge is -2.12. The molecule has 0 radical (unpaired) electrons. The Morgan fingerprint density at radius 1 is 1.50 bits per heavy atom. The molecule has 0 aliphatic heterocycles. The van der Waals surface area contributed by atoms with E-state index in [1.165, 1.54) is 0 Å². The zero-order chi connectivity index (χ0) is 10.6. The third-order valence-electron chi connectivity index (χ3n) is 2.15. The molecule has 3 N–H and O–H groups in total. The van der Waals surface area contributed by atoms with Crippen LogP contribution in [0, 0.1) is 0 Å². The van der Waals surface area contributed by atoms with Crippen LogP contribution in [0.15, 0.2) is 24.3 Å². The molecule has 0 aliphatic carbocycles. The number of primary amides is 1. The van der Waals surface area contributed by atoms with Crippen LogP contribution in [-0.2, 0) is 0 Å². The smallest absolute Gasteiger partial charge is 0.249 e. The minimum absolute atomic E-state index is 0.411. The highest BCUT2D eigenvalue weighted by atomic mass is 16.3. The molecule has 1 aromatic carbocycles. The molecule has 14 heavy (non-hydrogen) atoms. The fourth-order valence-corrected chi connectivity index (χ4v) is 1.44. The Kier molecular flexibility index (Phi) is 3.65. The topological polar surface area (TPSA) is 63.3 Å². The first-order chi connectivity index (χ1) is 6.66. The Morgan fingerprint density at radius 3 is 2.71 bits per heavy atom.